The number of ether oxygens (including phenoxy) is 1. The molecule has 2 heterocycles. The summed E-state index contributed by atoms with van der Waals surface area (Å²) in [5.74, 6) is -0.153. The molecule has 0 bridgehead atoms. The maximum atomic E-state index is 13.2. The van der Waals surface area contributed by atoms with Crippen molar-refractivity contribution in [3.8, 4) is 0 Å². The van der Waals surface area contributed by atoms with Crippen molar-refractivity contribution in [2.75, 3.05) is 0 Å². The van der Waals surface area contributed by atoms with Gasteiger partial charge in [-0.15, -0.1) is 11.3 Å². The Morgan fingerprint density at radius 1 is 1.00 bits per heavy atom. The fraction of sp³-hybridized carbons (Fsp3) is 0.240. The van der Waals surface area contributed by atoms with Gasteiger partial charge in [0.25, 0.3) is 5.56 Å². The molecule has 4 rings (SSSR count). The van der Waals surface area contributed by atoms with E-state index in [0.29, 0.717) is 10.7 Å². The van der Waals surface area contributed by atoms with E-state index in [1.807, 2.05) is 54.6 Å². The summed E-state index contributed by atoms with van der Waals surface area (Å²) in [5.41, 5.74) is 2.20. The van der Waals surface area contributed by atoms with Gasteiger partial charge in [-0.3, -0.25) is 13.9 Å². The molecule has 0 amide bonds. The number of nitrogens with zero attached hydrogens (tertiary/aromatic N) is 2. The van der Waals surface area contributed by atoms with Crippen molar-refractivity contribution in [3.05, 3.63) is 103 Å². The van der Waals surface area contributed by atoms with Gasteiger partial charge in [-0.25, -0.2) is 9.59 Å². The lowest BCUT2D eigenvalue weighted by Crippen LogP contribution is -2.39. The van der Waals surface area contributed by atoms with Crippen molar-refractivity contribution >= 4 is 27.5 Å². The van der Waals surface area contributed by atoms with Crippen LogP contribution in [0, 0.1) is 0 Å². The molecule has 0 saturated heterocycles. The van der Waals surface area contributed by atoms with Gasteiger partial charge in [0.2, 0.25) is 0 Å². The van der Waals surface area contributed by atoms with Crippen LogP contribution >= 0.6 is 11.3 Å². The molecule has 0 unspecified atom stereocenters. The average molecular weight is 449 g/mol. The first kappa shape index (κ1) is 21.8. The minimum Gasteiger partial charge on any atom is -0.457 e. The van der Waals surface area contributed by atoms with Gasteiger partial charge in [0.05, 0.1) is 17.5 Å². The number of fused-ring (bicyclic) bond motifs is 1. The first-order valence-electron chi connectivity index (χ1n) is 10.4. The normalized spacial score (nSPS) is 11.2. The number of aryl methyl sites for hydroxylation is 1. The van der Waals surface area contributed by atoms with Crippen LogP contribution in [0.4, 0.5) is 0 Å². The smallest absolute Gasteiger partial charge is 0.340 e. The number of aromatic nitrogens is 2. The maximum absolute atomic E-state index is 13.2. The van der Waals surface area contributed by atoms with E-state index in [0.717, 1.165) is 15.7 Å². The molecule has 164 valence electrons. The van der Waals surface area contributed by atoms with E-state index in [1.54, 1.807) is 12.4 Å². The Morgan fingerprint density at radius 2 is 1.69 bits per heavy atom. The Bertz CT molecular complexity index is 1380. The molecule has 2 aromatic heterocycles. The number of hydrogen-bond donors (Lipinski definition) is 0. The zero-order valence-corrected chi connectivity index (χ0v) is 19.0. The van der Waals surface area contributed by atoms with Crippen molar-refractivity contribution in [2.24, 2.45) is 7.05 Å². The molecule has 2 aromatic carbocycles. The second-order valence-electron chi connectivity index (χ2n) is 8.02. The zero-order chi connectivity index (χ0) is 22.8. The topological polar surface area (TPSA) is 70.3 Å². The molecule has 0 saturated carbocycles. The molecule has 32 heavy (non-hydrogen) atoms. The molecule has 7 heteroatoms. The molecule has 0 aliphatic carbocycles. The van der Waals surface area contributed by atoms with E-state index in [9.17, 15) is 14.4 Å². The number of benzene rings is 2. The Kier molecular flexibility index (Phi) is 6.10. The van der Waals surface area contributed by atoms with Crippen LogP contribution in [-0.2, 0) is 24.9 Å². The minimum atomic E-state index is -0.578. The zero-order valence-electron chi connectivity index (χ0n) is 18.2. The number of rotatable bonds is 6. The summed E-state index contributed by atoms with van der Waals surface area (Å²) >= 11 is 1.19. The highest BCUT2D eigenvalue weighted by Crippen LogP contribution is 2.23. The van der Waals surface area contributed by atoms with Crippen molar-refractivity contribution in [1.29, 1.82) is 0 Å². The van der Waals surface area contributed by atoms with Gasteiger partial charge in [0.1, 0.15) is 11.4 Å². The lowest BCUT2D eigenvalue weighted by molar-refractivity contribution is 0.0475. The summed E-state index contributed by atoms with van der Waals surface area (Å²) < 4.78 is 8.06. The summed E-state index contributed by atoms with van der Waals surface area (Å²) in [6, 6.07) is 17.2. The predicted molar refractivity (Wildman–Crippen MR) is 127 cm³/mol. The third-order valence-corrected chi connectivity index (χ3v) is 6.53. The van der Waals surface area contributed by atoms with Crippen LogP contribution in [0.2, 0.25) is 0 Å². The molecule has 0 spiro atoms. The van der Waals surface area contributed by atoms with E-state index >= 15 is 0 Å². The van der Waals surface area contributed by atoms with Gasteiger partial charge >= 0.3 is 11.7 Å². The van der Waals surface area contributed by atoms with Gasteiger partial charge in [0.15, 0.2) is 0 Å². The van der Waals surface area contributed by atoms with Crippen molar-refractivity contribution in [1.82, 2.24) is 9.13 Å². The van der Waals surface area contributed by atoms with Crippen LogP contribution in [-0.4, -0.2) is 15.1 Å². The highest BCUT2D eigenvalue weighted by Gasteiger charge is 2.21. The molecule has 0 fully saturated rings. The fourth-order valence-corrected chi connectivity index (χ4v) is 4.57. The van der Waals surface area contributed by atoms with E-state index in [4.69, 9.17) is 4.74 Å². The fourth-order valence-electron chi connectivity index (χ4n) is 3.57. The summed E-state index contributed by atoms with van der Waals surface area (Å²) in [4.78, 5) is 39.3. The van der Waals surface area contributed by atoms with Crippen molar-refractivity contribution < 1.29 is 9.53 Å². The summed E-state index contributed by atoms with van der Waals surface area (Å²) in [5, 5.41) is 1.80. The first-order chi connectivity index (χ1) is 15.4. The summed E-state index contributed by atoms with van der Waals surface area (Å²) in [6.45, 7) is 4.48. The second-order valence-corrected chi connectivity index (χ2v) is 8.88. The Morgan fingerprint density at radius 3 is 2.34 bits per heavy atom. The Balaban J connectivity index is 1.65. The van der Waals surface area contributed by atoms with Crippen molar-refractivity contribution in [2.45, 2.75) is 32.9 Å². The predicted octanol–water partition coefficient (Wildman–Crippen LogP) is 4.29. The van der Waals surface area contributed by atoms with E-state index in [2.05, 4.69) is 13.8 Å². The number of esters is 1. The van der Waals surface area contributed by atoms with Gasteiger partial charge in [0, 0.05) is 12.4 Å². The molecule has 4 aromatic rings. The van der Waals surface area contributed by atoms with Crippen LogP contribution in [0.1, 0.15) is 46.8 Å². The molecule has 0 atom stereocenters. The van der Waals surface area contributed by atoms with Gasteiger partial charge in [-0.05, 0) is 22.6 Å². The largest absolute Gasteiger partial charge is 0.457 e. The van der Waals surface area contributed by atoms with E-state index < -0.39 is 17.2 Å². The van der Waals surface area contributed by atoms with Crippen LogP contribution in [0.5, 0.6) is 0 Å². The van der Waals surface area contributed by atoms with Gasteiger partial charge in [-0.1, -0.05) is 68.4 Å². The maximum Gasteiger partial charge on any atom is 0.340 e. The van der Waals surface area contributed by atoms with Crippen LogP contribution in [0.25, 0.3) is 10.2 Å². The average Bonchev–Trinajstić information content (AvgIpc) is 3.25. The minimum absolute atomic E-state index is 0.110. The van der Waals surface area contributed by atoms with Gasteiger partial charge < -0.3 is 4.74 Å². The third-order valence-electron chi connectivity index (χ3n) is 5.47. The highest BCUT2D eigenvalue weighted by molar-refractivity contribution is 7.17. The number of thiophene rings is 1. The molecular weight excluding hydrogens is 424 g/mol. The lowest BCUT2D eigenvalue weighted by atomic mass is 10.0. The number of hydrogen-bond acceptors (Lipinski definition) is 5. The second kappa shape index (κ2) is 8.96. The summed E-state index contributed by atoms with van der Waals surface area (Å²) in [6.07, 6.45) is 0. The first-order valence-corrected chi connectivity index (χ1v) is 11.3. The van der Waals surface area contributed by atoms with E-state index in [-0.39, 0.29) is 24.1 Å². The summed E-state index contributed by atoms with van der Waals surface area (Å²) in [7, 11) is 1.60. The Labute approximate surface area is 189 Å². The third kappa shape index (κ3) is 4.16. The van der Waals surface area contributed by atoms with E-state index in [1.165, 1.54) is 21.5 Å². The van der Waals surface area contributed by atoms with Crippen molar-refractivity contribution in [3.63, 3.8) is 0 Å². The quantitative estimate of drug-likeness (QED) is 0.413. The molecule has 0 aliphatic rings. The van der Waals surface area contributed by atoms with Gasteiger partial charge in [-0.2, -0.15) is 0 Å². The number of carbonyl (C=O) groups excluding carboxylic acids is 1. The number of carbonyl (C=O) groups is 1. The standard InChI is InChI=1S/C25H24N2O4S/c1-16(2)19-11-9-18(10-12-19)14-31-24(29)20-15-32-23-21(20)22(28)27(25(30)26(23)3)13-17-7-5-4-6-8-17/h4-12,15-16H,13-14H2,1-3H3. The molecule has 0 radical (unpaired) electrons. The van der Waals surface area contributed by atoms with Crippen LogP contribution in [0.15, 0.2) is 69.6 Å². The Hall–Kier alpha value is -3.45. The van der Waals surface area contributed by atoms with Crippen LogP contribution in [0.3, 0.4) is 0 Å². The monoisotopic (exact) mass is 448 g/mol. The SMILES string of the molecule is CC(C)c1ccc(COC(=O)c2csc3c2c(=O)n(Cc2ccccc2)c(=O)n3C)cc1. The molecule has 0 N–H and O–H groups in total. The lowest BCUT2D eigenvalue weighted by Gasteiger charge is -2.10. The molecule has 6 nitrogen and oxygen atoms in total. The van der Waals surface area contributed by atoms with Crippen LogP contribution < -0.4 is 11.2 Å². The highest BCUT2D eigenvalue weighted by atomic mass is 32.1. The molecular formula is C25H24N2O4S. The molecule has 0 aliphatic heterocycles.